The molecule has 0 saturated heterocycles. The minimum atomic E-state index is -0.512. The van der Waals surface area contributed by atoms with E-state index in [1.165, 1.54) is 17.2 Å². The Hall–Kier alpha value is -1.03. The van der Waals surface area contributed by atoms with E-state index < -0.39 is 5.56 Å². The fraction of sp³-hybridized carbons (Fsp3) is 0.556. The van der Waals surface area contributed by atoms with E-state index in [0.29, 0.717) is 12.5 Å². The van der Waals surface area contributed by atoms with Crippen molar-refractivity contribution >= 4 is 11.6 Å². The zero-order valence-corrected chi connectivity index (χ0v) is 8.38. The lowest BCUT2D eigenvalue weighted by Crippen LogP contribution is -2.32. The van der Waals surface area contributed by atoms with Crippen LogP contribution in [0.15, 0.2) is 15.8 Å². The molecule has 1 aliphatic rings. The predicted octanol–water partition coefficient (Wildman–Crippen LogP) is 0.990. The molecule has 2 rings (SSSR count). The van der Waals surface area contributed by atoms with Crippen LogP contribution < -0.4 is 11.2 Å². The molecule has 1 aliphatic carbocycles. The van der Waals surface area contributed by atoms with Crippen molar-refractivity contribution in [2.45, 2.75) is 25.8 Å². The third kappa shape index (κ3) is 1.75. The Kier molecular flexibility index (Phi) is 2.46. The Bertz CT molecular complexity index is 445. The summed E-state index contributed by atoms with van der Waals surface area (Å²) in [6, 6.07) is 0. The average molecular weight is 215 g/mol. The molecule has 0 atom stereocenters. The molecule has 0 radical (unpaired) electrons. The van der Waals surface area contributed by atoms with Crippen molar-refractivity contribution in [3.05, 3.63) is 32.1 Å². The highest BCUT2D eigenvalue weighted by molar-refractivity contribution is 6.30. The van der Waals surface area contributed by atoms with E-state index in [4.69, 9.17) is 11.6 Å². The standard InChI is InChI=1S/C9H11ClN2O2/c10-7-5-12(4-6-2-1-3-6)9(14)11-8(7)13/h5-6H,1-4H2,(H,11,13,14). The van der Waals surface area contributed by atoms with Crippen LogP contribution in [0.1, 0.15) is 19.3 Å². The van der Waals surface area contributed by atoms with E-state index in [-0.39, 0.29) is 10.7 Å². The first-order chi connectivity index (χ1) is 6.66. The lowest BCUT2D eigenvalue weighted by molar-refractivity contribution is 0.272. The highest BCUT2D eigenvalue weighted by Crippen LogP contribution is 2.27. The smallest absolute Gasteiger partial charge is 0.299 e. The second-order valence-corrected chi connectivity index (χ2v) is 4.09. The Labute approximate surface area is 85.5 Å². The quantitative estimate of drug-likeness (QED) is 0.798. The molecule has 1 saturated carbocycles. The van der Waals surface area contributed by atoms with Gasteiger partial charge in [0.05, 0.1) is 0 Å². The SMILES string of the molecule is O=c1[nH]c(=O)n(CC2CCC2)cc1Cl. The zero-order chi connectivity index (χ0) is 10.1. The van der Waals surface area contributed by atoms with Gasteiger partial charge in [-0.25, -0.2) is 4.79 Å². The zero-order valence-electron chi connectivity index (χ0n) is 7.62. The van der Waals surface area contributed by atoms with E-state index in [9.17, 15) is 9.59 Å². The van der Waals surface area contributed by atoms with Gasteiger partial charge in [-0.05, 0) is 18.8 Å². The molecule has 4 nitrogen and oxygen atoms in total. The largest absolute Gasteiger partial charge is 0.328 e. The number of hydrogen-bond donors (Lipinski definition) is 1. The summed E-state index contributed by atoms with van der Waals surface area (Å²) in [5.74, 6) is 0.565. The van der Waals surface area contributed by atoms with Gasteiger partial charge in [0, 0.05) is 12.7 Å². The number of nitrogens with zero attached hydrogens (tertiary/aromatic N) is 1. The van der Waals surface area contributed by atoms with Gasteiger partial charge in [-0.15, -0.1) is 0 Å². The van der Waals surface area contributed by atoms with Gasteiger partial charge in [-0.2, -0.15) is 0 Å². The van der Waals surface area contributed by atoms with E-state index in [1.54, 1.807) is 0 Å². The maximum absolute atomic E-state index is 11.3. The first kappa shape index (κ1) is 9.52. The molecule has 1 aromatic rings. The Morgan fingerprint density at radius 2 is 2.21 bits per heavy atom. The lowest BCUT2D eigenvalue weighted by atomic mass is 9.85. The Balaban J connectivity index is 2.28. The molecule has 0 aromatic carbocycles. The van der Waals surface area contributed by atoms with Crippen molar-refractivity contribution in [3.63, 3.8) is 0 Å². The third-order valence-corrected chi connectivity index (χ3v) is 2.92. The van der Waals surface area contributed by atoms with Crippen LogP contribution >= 0.6 is 11.6 Å². The topological polar surface area (TPSA) is 54.9 Å². The Morgan fingerprint density at radius 3 is 2.79 bits per heavy atom. The minimum Gasteiger partial charge on any atom is -0.299 e. The molecule has 0 bridgehead atoms. The van der Waals surface area contributed by atoms with E-state index in [2.05, 4.69) is 4.98 Å². The van der Waals surface area contributed by atoms with Gasteiger partial charge in [0.1, 0.15) is 5.02 Å². The van der Waals surface area contributed by atoms with Crippen molar-refractivity contribution in [1.29, 1.82) is 0 Å². The summed E-state index contributed by atoms with van der Waals surface area (Å²) in [5, 5.41) is 0.0731. The first-order valence-corrected chi connectivity index (χ1v) is 5.04. The summed E-state index contributed by atoms with van der Waals surface area (Å²) in [5.41, 5.74) is -0.882. The molecule has 0 aliphatic heterocycles. The molecule has 0 amide bonds. The monoisotopic (exact) mass is 214 g/mol. The highest BCUT2D eigenvalue weighted by Gasteiger charge is 2.18. The lowest BCUT2D eigenvalue weighted by Gasteiger charge is -2.25. The number of rotatable bonds is 2. The van der Waals surface area contributed by atoms with Gasteiger partial charge in [-0.1, -0.05) is 18.0 Å². The van der Waals surface area contributed by atoms with Crippen LogP contribution in [0.5, 0.6) is 0 Å². The molecular weight excluding hydrogens is 204 g/mol. The molecule has 1 heterocycles. The van der Waals surface area contributed by atoms with Crippen LogP contribution in [0.3, 0.4) is 0 Å². The summed E-state index contributed by atoms with van der Waals surface area (Å²) >= 11 is 5.63. The van der Waals surface area contributed by atoms with E-state index in [0.717, 1.165) is 12.8 Å². The van der Waals surface area contributed by atoms with Crippen molar-refractivity contribution < 1.29 is 0 Å². The second kappa shape index (κ2) is 3.61. The molecule has 1 fully saturated rings. The minimum absolute atomic E-state index is 0.0731. The predicted molar refractivity (Wildman–Crippen MR) is 53.7 cm³/mol. The van der Waals surface area contributed by atoms with Gasteiger partial charge < -0.3 is 0 Å². The molecule has 1 aromatic heterocycles. The number of hydrogen-bond acceptors (Lipinski definition) is 2. The number of aromatic amines is 1. The highest BCUT2D eigenvalue weighted by atomic mass is 35.5. The van der Waals surface area contributed by atoms with Gasteiger partial charge in [-0.3, -0.25) is 14.3 Å². The van der Waals surface area contributed by atoms with Crippen molar-refractivity contribution in [2.24, 2.45) is 5.92 Å². The Morgan fingerprint density at radius 1 is 1.50 bits per heavy atom. The van der Waals surface area contributed by atoms with Crippen LogP contribution in [0.2, 0.25) is 5.02 Å². The summed E-state index contributed by atoms with van der Waals surface area (Å²) in [6.07, 6.45) is 4.96. The number of nitrogens with one attached hydrogen (secondary N) is 1. The molecule has 0 unspecified atom stereocenters. The van der Waals surface area contributed by atoms with Crippen LogP contribution in [-0.2, 0) is 6.54 Å². The normalized spacial score (nSPS) is 16.6. The molecule has 5 heteroatoms. The maximum atomic E-state index is 11.3. The van der Waals surface area contributed by atoms with Crippen molar-refractivity contribution in [3.8, 4) is 0 Å². The number of aromatic nitrogens is 2. The maximum Gasteiger partial charge on any atom is 0.328 e. The van der Waals surface area contributed by atoms with E-state index in [1.807, 2.05) is 0 Å². The summed E-state index contributed by atoms with van der Waals surface area (Å²) in [7, 11) is 0. The number of H-pyrrole nitrogens is 1. The van der Waals surface area contributed by atoms with Crippen molar-refractivity contribution in [1.82, 2.24) is 9.55 Å². The number of halogens is 1. The van der Waals surface area contributed by atoms with Crippen LogP contribution in [-0.4, -0.2) is 9.55 Å². The average Bonchev–Trinajstić information content (AvgIpc) is 2.06. The first-order valence-electron chi connectivity index (χ1n) is 4.66. The second-order valence-electron chi connectivity index (χ2n) is 3.69. The molecule has 1 N–H and O–H groups in total. The van der Waals surface area contributed by atoms with Gasteiger partial charge in [0.2, 0.25) is 0 Å². The van der Waals surface area contributed by atoms with Crippen LogP contribution in [0.25, 0.3) is 0 Å². The van der Waals surface area contributed by atoms with E-state index >= 15 is 0 Å². The molecule has 0 spiro atoms. The summed E-state index contributed by atoms with van der Waals surface area (Å²) in [4.78, 5) is 24.5. The fourth-order valence-corrected chi connectivity index (χ4v) is 1.74. The van der Waals surface area contributed by atoms with Crippen LogP contribution in [0.4, 0.5) is 0 Å². The fourth-order valence-electron chi connectivity index (χ4n) is 1.57. The van der Waals surface area contributed by atoms with Gasteiger partial charge in [0.15, 0.2) is 0 Å². The molecular formula is C9H11ClN2O2. The summed E-state index contributed by atoms with van der Waals surface area (Å²) < 4.78 is 1.48. The molecule has 14 heavy (non-hydrogen) atoms. The van der Waals surface area contributed by atoms with Crippen molar-refractivity contribution in [2.75, 3.05) is 0 Å². The third-order valence-electron chi connectivity index (χ3n) is 2.65. The van der Waals surface area contributed by atoms with Gasteiger partial charge >= 0.3 is 5.69 Å². The molecule has 76 valence electrons. The van der Waals surface area contributed by atoms with Gasteiger partial charge in [0.25, 0.3) is 5.56 Å². The van der Waals surface area contributed by atoms with Crippen LogP contribution in [0, 0.1) is 5.92 Å². The summed E-state index contributed by atoms with van der Waals surface area (Å²) in [6.45, 7) is 0.662.